The molecule has 0 radical (unpaired) electrons. The predicted molar refractivity (Wildman–Crippen MR) is 168 cm³/mol. The molecule has 4 aromatic heterocycles. The molecule has 0 saturated carbocycles. The van der Waals surface area contributed by atoms with Crippen LogP contribution in [-0.2, 0) is 17.8 Å². The van der Waals surface area contributed by atoms with Crippen LogP contribution in [0.2, 0.25) is 0 Å². The quantitative estimate of drug-likeness (QED) is 0.272. The van der Waals surface area contributed by atoms with Crippen molar-refractivity contribution < 1.29 is 13.6 Å². The van der Waals surface area contributed by atoms with Crippen LogP contribution in [-0.4, -0.2) is 71.0 Å². The van der Waals surface area contributed by atoms with Gasteiger partial charge in [-0.25, -0.2) is 27.8 Å². The molecule has 2 bridgehead atoms. The minimum atomic E-state index is -0.772. The molecule has 5 aromatic rings. The summed E-state index contributed by atoms with van der Waals surface area (Å²) in [6.07, 6.45) is 4.91. The van der Waals surface area contributed by atoms with E-state index in [4.69, 9.17) is 4.98 Å². The standard InChI is InChI=1S/C33H31F2N9O2/c1-5-26(45)41-11-12-42(19(4)16-41)31-23-14-25(35)29-27-21(7-6-8-24(27)34)17-43-22(15-37-40-43)13-20-9-10-36-28(18(2)3)30(20)44(32(23)38-29)33(46)39-31/h5-10,14-15,18-19H,1,11-13,16-17H2,2-4H3/t19-/m0/s1. The van der Waals surface area contributed by atoms with Crippen LogP contribution in [0.1, 0.15) is 49.2 Å². The Labute approximate surface area is 262 Å². The number of carbonyl (C=O) groups excluding carboxylic acids is 1. The van der Waals surface area contributed by atoms with Crippen molar-refractivity contribution in [2.75, 3.05) is 24.5 Å². The van der Waals surface area contributed by atoms with E-state index < -0.39 is 17.3 Å². The molecule has 1 amide bonds. The Morgan fingerprint density at radius 1 is 1.11 bits per heavy atom. The maximum atomic E-state index is 16.4. The number of amides is 1. The van der Waals surface area contributed by atoms with Crippen LogP contribution in [0.25, 0.3) is 28.0 Å². The summed E-state index contributed by atoms with van der Waals surface area (Å²) in [5.74, 6) is -1.49. The Hall–Kier alpha value is -5.33. The predicted octanol–water partition coefficient (Wildman–Crippen LogP) is 4.01. The lowest BCUT2D eigenvalue weighted by molar-refractivity contribution is -0.126. The summed E-state index contributed by atoms with van der Waals surface area (Å²) in [4.78, 5) is 44.2. The summed E-state index contributed by atoms with van der Waals surface area (Å²) in [6.45, 7) is 10.6. The normalized spacial score (nSPS) is 16.1. The number of fused-ring (bicyclic) bond motifs is 6. The number of hydrogen-bond acceptors (Lipinski definition) is 8. The molecule has 0 aliphatic carbocycles. The van der Waals surface area contributed by atoms with E-state index in [1.54, 1.807) is 34.1 Å². The van der Waals surface area contributed by atoms with Gasteiger partial charge in [0.2, 0.25) is 5.91 Å². The monoisotopic (exact) mass is 623 g/mol. The van der Waals surface area contributed by atoms with Crippen molar-refractivity contribution in [3.8, 4) is 16.9 Å². The molecule has 1 aromatic carbocycles. The number of piperazine rings is 1. The zero-order valence-electron chi connectivity index (χ0n) is 25.6. The van der Waals surface area contributed by atoms with E-state index >= 15 is 8.78 Å². The Balaban J connectivity index is 1.57. The fourth-order valence-electron chi connectivity index (χ4n) is 6.51. The summed E-state index contributed by atoms with van der Waals surface area (Å²) in [6, 6.07) is 7.35. The molecular weight excluding hydrogens is 592 g/mol. The molecule has 1 saturated heterocycles. The highest BCUT2D eigenvalue weighted by Gasteiger charge is 2.32. The molecule has 0 spiro atoms. The first-order chi connectivity index (χ1) is 22.2. The van der Waals surface area contributed by atoms with Gasteiger partial charge >= 0.3 is 5.69 Å². The van der Waals surface area contributed by atoms with Crippen LogP contribution in [0.15, 0.2) is 60.2 Å². The van der Waals surface area contributed by atoms with E-state index in [-0.39, 0.29) is 52.5 Å². The van der Waals surface area contributed by atoms with Gasteiger partial charge in [0.15, 0.2) is 5.65 Å². The number of benzene rings is 1. The Morgan fingerprint density at radius 2 is 1.93 bits per heavy atom. The van der Waals surface area contributed by atoms with Crippen molar-refractivity contribution in [3.63, 3.8) is 0 Å². The molecule has 6 heterocycles. The Kier molecular flexibility index (Phi) is 7.18. The summed E-state index contributed by atoms with van der Waals surface area (Å²) in [5.41, 5.74) is 2.24. The highest BCUT2D eigenvalue weighted by molar-refractivity contribution is 5.91. The molecule has 0 N–H and O–H groups in total. The van der Waals surface area contributed by atoms with E-state index in [9.17, 15) is 9.59 Å². The van der Waals surface area contributed by atoms with Gasteiger partial charge in [-0.2, -0.15) is 4.98 Å². The molecule has 1 atom stereocenters. The third-order valence-corrected chi connectivity index (χ3v) is 8.72. The Morgan fingerprint density at radius 3 is 2.70 bits per heavy atom. The lowest BCUT2D eigenvalue weighted by atomic mass is 9.99. The molecule has 234 valence electrons. The first-order valence-corrected chi connectivity index (χ1v) is 15.1. The third kappa shape index (κ3) is 4.73. The zero-order valence-corrected chi connectivity index (χ0v) is 25.6. The Bertz CT molecular complexity index is 2110. The fourth-order valence-corrected chi connectivity index (χ4v) is 6.51. The second-order valence-electron chi connectivity index (χ2n) is 12.0. The van der Waals surface area contributed by atoms with Crippen molar-refractivity contribution >= 4 is 22.8 Å². The van der Waals surface area contributed by atoms with Gasteiger partial charge in [0.05, 0.1) is 35.2 Å². The zero-order chi connectivity index (χ0) is 32.3. The smallest absolute Gasteiger partial charge is 0.350 e. The number of anilines is 1. The van der Waals surface area contributed by atoms with Crippen LogP contribution in [0.3, 0.4) is 0 Å². The van der Waals surface area contributed by atoms with Gasteiger partial charge in [-0.3, -0.25) is 9.78 Å². The molecule has 13 heteroatoms. The topological polar surface area (TPSA) is 115 Å². The minimum absolute atomic E-state index is 0.0262. The number of aromatic nitrogens is 7. The fraction of sp³-hybridized carbons (Fsp3) is 0.303. The van der Waals surface area contributed by atoms with Crippen molar-refractivity contribution in [2.24, 2.45) is 0 Å². The maximum Gasteiger partial charge on any atom is 0.355 e. The van der Waals surface area contributed by atoms with Crippen LogP contribution in [0, 0.1) is 11.6 Å². The lowest BCUT2D eigenvalue weighted by Gasteiger charge is -2.40. The second kappa shape index (κ2) is 11.2. The van der Waals surface area contributed by atoms with E-state index in [1.165, 1.54) is 22.8 Å². The summed E-state index contributed by atoms with van der Waals surface area (Å²) in [7, 11) is 0. The van der Waals surface area contributed by atoms with Crippen molar-refractivity contribution in [1.29, 1.82) is 0 Å². The molecule has 1 fully saturated rings. The highest BCUT2D eigenvalue weighted by Crippen LogP contribution is 2.36. The number of hydrogen-bond donors (Lipinski definition) is 0. The number of pyridine rings is 2. The van der Waals surface area contributed by atoms with Gasteiger partial charge in [0.25, 0.3) is 0 Å². The van der Waals surface area contributed by atoms with Crippen LogP contribution in [0.5, 0.6) is 0 Å². The van der Waals surface area contributed by atoms with Gasteiger partial charge in [0, 0.05) is 43.9 Å². The number of carbonyl (C=O) groups is 1. The molecule has 0 unspecified atom stereocenters. The van der Waals surface area contributed by atoms with Gasteiger partial charge < -0.3 is 9.80 Å². The van der Waals surface area contributed by atoms with Crippen LogP contribution >= 0.6 is 0 Å². The largest absolute Gasteiger partial charge is 0.355 e. The van der Waals surface area contributed by atoms with E-state index in [1.807, 2.05) is 31.7 Å². The number of nitrogens with zero attached hydrogens (tertiary/aromatic N) is 9. The number of halogens is 2. The lowest BCUT2D eigenvalue weighted by Crippen LogP contribution is -2.54. The van der Waals surface area contributed by atoms with Crippen LogP contribution < -0.4 is 10.6 Å². The average Bonchev–Trinajstić information content (AvgIpc) is 3.46. The maximum absolute atomic E-state index is 16.4. The third-order valence-electron chi connectivity index (χ3n) is 8.72. The molecule has 46 heavy (non-hydrogen) atoms. The van der Waals surface area contributed by atoms with Gasteiger partial charge in [0.1, 0.15) is 23.1 Å². The van der Waals surface area contributed by atoms with Crippen molar-refractivity contribution in [3.05, 3.63) is 100 Å². The van der Waals surface area contributed by atoms with Crippen molar-refractivity contribution in [2.45, 2.75) is 45.7 Å². The molecule has 7 rings (SSSR count). The summed E-state index contributed by atoms with van der Waals surface area (Å²) >= 11 is 0. The summed E-state index contributed by atoms with van der Waals surface area (Å²) in [5, 5.41) is 8.63. The van der Waals surface area contributed by atoms with Gasteiger partial charge in [-0.15, -0.1) is 5.10 Å². The second-order valence-corrected chi connectivity index (χ2v) is 12.0. The molecule has 2 aliphatic rings. The first-order valence-electron chi connectivity index (χ1n) is 15.1. The SMILES string of the molecule is C=CC(=O)N1CCN(c2nc(=O)n3c4nc(c(F)cc24)-c2c(F)cccc2Cn2nncc2Cc2ccnc(C(C)C)c2-3)[C@@H](C)C1. The van der Waals surface area contributed by atoms with Gasteiger partial charge in [-0.1, -0.05) is 37.8 Å². The van der Waals surface area contributed by atoms with E-state index in [0.29, 0.717) is 48.7 Å². The van der Waals surface area contributed by atoms with Crippen LogP contribution in [0.4, 0.5) is 14.6 Å². The summed E-state index contributed by atoms with van der Waals surface area (Å²) < 4.78 is 35.1. The van der Waals surface area contributed by atoms with Gasteiger partial charge in [-0.05, 0) is 48.2 Å². The molecule has 11 nitrogen and oxygen atoms in total. The minimum Gasteiger partial charge on any atom is -0.350 e. The first kappa shape index (κ1) is 29.4. The van der Waals surface area contributed by atoms with E-state index in [0.717, 1.165) is 5.56 Å². The average molecular weight is 624 g/mol. The number of rotatable bonds is 3. The molecular formula is C33H31F2N9O2. The molecule has 2 aliphatic heterocycles. The van der Waals surface area contributed by atoms with E-state index in [2.05, 4.69) is 26.9 Å². The van der Waals surface area contributed by atoms with Crippen molar-refractivity contribution in [1.82, 2.24) is 39.4 Å². The highest BCUT2D eigenvalue weighted by atomic mass is 19.1.